The molecule has 0 heterocycles. The molecule has 2 aliphatic rings. The van der Waals surface area contributed by atoms with Crippen molar-refractivity contribution in [1.82, 2.24) is 0 Å². The van der Waals surface area contributed by atoms with Crippen LogP contribution in [0.1, 0.15) is 96.5 Å². The van der Waals surface area contributed by atoms with E-state index < -0.39 is 11.6 Å². The second-order valence-electron chi connectivity index (χ2n) is 9.59. The van der Waals surface area contributed by atoms with Crippen molar-refractivity contribution in [2.24, 2.45) is 23.7 Å². The van der Waals surface area contributed by atoms with E-state index in [0.29, 0.717) is 24.5 Å². The molecule has 29 heavy (non-hydrogen) atoms. The molecule has 0 N–H and O–H groups in total. The summed E-state index contributed by atoms with van der Waals surface area (Å²) in [5.41, 5.74) is 0.474. The Balaban J connectivity index is 1.43. The van der Waals surface area contributed by atoms with Crippen molar-refractivity contribution in [3.05, 3.63) is 29.3 Å². The standard InChI is InChI=1S/C26H40F2O/c1-3-5-6-7-23-16-17-24(26(28)25(23)27)29-18-20-10-14-22(15-11-20)21-12-8-19(4-2)9-13-21/h16-17,19-22H,3-15,18H2,1-2H3. The highest BCUT2D eigenvalue weighted by atomic mass is 19.2. The van der Waals surface area contributed by atoms with Crippen molar-refractivity contribution in [2.45, 2.75) is 97.3 Å². The van der Waals surface area contributed by atoms with E-state index in [1.54, 1.807) is 12.1 Å². The van der Waals surface area contributed by atoms with Crippen molar-refractivity contribution in [2.75, 3.05) is 6.61 Å². The summed E-state index contributed by atoms with van der Waals surface area (Å²) in [5.74, 6) is 1.80. The molecule has 2 fully saturated rings. The summed E-state index contributed by atoms with van der Waals surface area (Å²) in [6, 6.07) is 3.32. The highest BCUT2D eigenvalue weighted by Crippen LogP contribution is 2.42. The number of rotatable bonds is 9. The van der Waals surface area contributed by atoms with Crippen LogP contribution >= 0.6 is 0 Å². The summed E-state index contributed by atoms with van der Waals surface area (Å²) in [6.07, 6.45) is 15.5. The van der Waals surface area contributed by atoms with Crippen LogP contribution in [0.3, 0.4) is 0 Å². The van der Waals surface area contributed by atoms with Crippen LogP contribution in [0.2, 0.25) is 0 Å². The van der Waals surface area contributed by atoms with Gasteiger partial charge in [0.15, 0.2) is 11.6 Å². The lowest BCUT2D eigenvalue weighted by Crippen LogP contribution is -2.27. The number of hydrogen-bond donors (Lipinski definition) is 0. The minimum absolute atomic E-state index is 0.0850. The molecule has 0 spiro atoms. The van der Waals surface area contributed by atoms with E-state index in [-0.39, 0.29) is 5.75 Å². The molecule has 0 atom stereocenters. The number of halogens is 2. The summed E-state index contributed by atoms with van der Waals surface area (Å²) >= 11 is 0. The highest BCUT2D eigenvalue weighted by Gasteiger charge is 2.30. The molecule has 0 aliphatic heterocycles. The Morgan fingerprint density at radius 2 is 1.41 bits per heavy atom. The Morgan fingerprint density at radius 1 is 0.793 bits per heavy atom. The third kappa shape index (κ3) is 6.18. The molecule has 164 valence electrons. The molecule has 2 aliphatic carbocycles. The average molecular weight is 407 g/mol. The first-order valence-corrected chi connectivity index (χ1v) is 12.2. The van der Waals surface area contributed by atoms with Gasteiger partial charge in [-0.1, -0.05) is 52.0 Å². The van der Waals surface area contributed by atoms with Crippen molar-refractivity contribution >= 4 is 0 Å². The second-order valence-corrected chi connectivity index (χ2v) is 9.59. The summed E-state index contributed by atoms with van der Waals surface area (Å²) < 4.78 is 34.4. The third-order valence-electron chi connectivity index (χ3n) is 7.68. The van der Waals surface area contributed by atoms with Gasteiger partial charge < -0.3 is 4.74 Å². The van der Waals surface area contributed by atoms with Crippen LogP contribution in [0.15, 0.2) is 12.1 Å². The topological polar surface area (TPSA) is 9.23 Å². The fourth-order valence-corrected chi connectivity index (χ4v) is 5.54. The van der Waals surface area contributed by atoms with Crippen LogP contribution in [0.4, 0.5) is 8.78 Å². The van der Waals surface area contributed by atoms with E-state index >= 15 is 0 Å². The summed E-state index contributed by atoms with van der Waals surface area (Å²) in [4.78, 5) is 0. The molecule has 0 aromatic heterocycles. The van der Waals surface area contributed by atoms with E-state index in [1.165, 1.54) is 44.9 Å². The fourth-order valence-electron chi connectivity index (χ4n) is 5.54. The number of benzene rings is 1. The Labute approximate surface area is 176 Å². The molecule has 3 heteroatoms. The maximum atomic E-state index is 14.4. The van der Waals surface area contributed by atoms with E-state index in [9.17, 15) is 8.78 Å². The van der Waals surface area contributed by atoms with Gasteiger partial charge in [0.05, 0.1) is 6.61 Å². The van der Waals surface area contributed by atoms with Gasteiger partial charge in [-0.25, -0.2) is 4.39 Å². The van der Waals surface area contributed by atoms with Gasteiger partial charge in [-0.05, 0) is 86.7 Å². The number of unbranched alkanes of at least 4 members (excludes halogenated alkanes) is 2. The van der Waals surface area contributed by atoms with Gasteiger partial charge in [0, 0.05) is 0 Å². The number of hydrogen-bond acceptors (Lipinski definition) is 1. The summed E-state index contributed by atoms with van der Waals surface area (Å²) in [6.45, 7) is 4.95. The molecule has 1 aromatic rings. The number of ether oxygens (including phenoxy) is 1. The minimum atomic E-state index is -0.805. The smallest absolute Gasteiger partial charge is 0.200 e. The van der Waals surface area contributed by atoms with Gasteiger partial charge in [0.2, 0.25) is 5.82 Å². The van der Waals surface area contributed by atoms with Crippen LogP contribution in [0.5, 0.6) is 5.75 Å². The van der Waals surface area contributed by atoms with Crippen molar-refractivity contribution in [3.8, 4) is 5.75 Å². The molecule has 2 saturated carbocycles. The van der Waals surface area contributed by atoms with Crippen molar-refractivity contribution < 1.29 is 13.5 Å². The first-order chi connectivity index (χ1) is 14.1. The molecule has 0 amide bonds. The molecule has 0 bridgehead atoms. The Bertz CT molecular complexity index is 613. The average Bonchev–Trinajstić information content (AvgIpc) is 2.77. The Kier molecular flexibility index (Phi) is 8.81. The second kappa shape index (κ2) is 11.3. The normalized spacial score (nSPS) is 27.7. The zero-order valence-electron chi connectivity index (χ0n) is 18.5. The van der Waals surface area contributed by atoms with Crippen molar-refractivity contribution in [1.29, 1.82) is 0 Å². The lowest BCUT2D eigenvalue weighted by molar-refractivity contribution is 0.121. The SMILES string of the molecule is CCCCCc1ccc(OCC2CCC(C3CCC(CC)CC3)CC2)c(F)c1F. The zero-order valence-corrected chi connectivity index (χ0v) is 18.5. The molecule has 1 nitrogen and oxygen atoms in total. The largest absolute Gasteiger partial charge is 0.490 e. The van der Waals surface area contributed by atoms with E-state index in [1.807, 2.05) is 0 Å². The predicted molar refractivity (Wildman–Crippen MR) is 116 cm³/mol. The van der Waals surface area contributed by atoms with Gasteiger partial charge in [-0.15, -0.1) is 0 Å². The van der Waals surface area contributed by atoms with Gasteiger partial charge >= 0.3 is 0 Å². The molecule has 0 unspecified atom stereocenters. The van der Waals surface area contributed by atoms with Gasteiger partial charge in [-0.2, -0.15) is 4.39 Å². The first-order valence-electron chi connectivity index (χ1n) is 12.2. The molecule has 0 radical (unpaired) electrons. The summed E-state index contributed by atoms with van der Waals surface area (Å²) in [5, 5.41) is 0. The lowest BCUT2D eigenvalue weighted by atomic mass is 9.69. The zero-order chi connectivity index (χ0) is 20.6. The van der Waals surface area contributed by atoms with E-state index in [4.69, 9.17) is 4.74 Å². The van der Waals surface area contributed by atoms with Gasteiger partial charge in [-0.3, -0.25) is 0 Å². The molecule has 0 saturated heterocycles. The molecule has 1 aromatic carbocycles. The number of aryl methyl sites for hydroxylation is 1. The van der Waals surface area contributed by atoms with Crippen LogP contribution in [0, 0.1) is 35.3 Å². The van der Waals surface area contributed by atoms with Crippen LogP contribution in [-0.4, -0.2) is 6.61 Å². The summed E-state index contributed by atoms with van der Waals surface area (Å²) in [7, 11) is 0. The van der Waals surface area contributed by atoms with Crippen molar-refractivity contribution in [3.63, 3.8) is 0 Å². The van der Waals surface area contributed by atoms with Gasteiger partial charge in [0.1, 0.15) is 0 Å². The van der Waals surface area contributed by atoms with Crippen LogP contribution in [-0.2, 0) is 6.42 Å². The molecule has 3 rings (SSSR count). The Morgan fingerprint density at radius 3 is 2.00 bits per heavy atom. The van der Waals surface area contributed by atoms with Crippen LogP contribution < -0.4 is 4.74 Å². The van der Waals surface area contributed by atoms with E-state index in [0.717, 1.165) is 49.9 Å². The quantitative estimate of drug-likeness (QED) is 0.376. The lowest BCUT2D eigenvalue weighted by Gasteiger charge is -2.37. The molecular formula is C26H40F2O. The highest BCUT2D eigenvalue weighted by molar-refractivity contribution is 5.31. The Hall–Kier alpha value is -1.12. The maximum Gasteiger partial charge on any atom is 0.200 e. The van der Waals surface area contributed by atoms with Crippen LogP contribution in [0.25, 0.3) is 0 Å². The van der Waals surface area contributed by atoms with E-state index in [2.05, 4.69) is 13.8 Å². The minimum Gasteiger partial charge on any atom is -0.490 e. The maximum absolute atomic E-state index is 14.4. The molecular weight excluding hydrogens is 366 g/mol. The van der Waals surface area contributed by atoms with Gasteiger partial charge in [0.25, 0.3) is 0 Å². The predicted octanol–water partition coefficient (Wildman–Crippen LogP) is 8.10. The monoisotopic (exact) mass is 406 g/mol. The third-order valence-corrected chi connectivity index (χ3v) is 7.68. The first kappa shape index (κ1) is 22.6. The fraction of sp³-hybridized carbons (Fsp3) is 0.769.